The number of methoxy groups -OCH3 is 1. The second-order valence-corrected chi connectivity index (χ2v) is 20.0. The number of piperidine rings is 1. The Morgan fingerprint density at radius 3 is 2.34 bits per heavy atom. The summed E-state index contributed by atoms with van der Waals surface area (Å²) in [6.07, 6.45) is -2.26. The minimum absolute atomic E-state index is 0.0689. The molecule has 2 saturated heterocycles. The van der Waals surface area contributed by atoms with Crippen LogP contribution in [-0.4, -0.2) is 108 Å². The van der Waals surface area contributed by atoms with Crippen molar-refractivity contribution in [1.29, 1.82) is 0 Å². The van der Waals surface area contributed by atoms with Gasteiger partial charge in [0.2, 0.25) is 33.6 Å². The molecule has 2 aliphatic heterocycles. The maximum Gasteiger partial charge on any atom is 0.391 e. The van der Waals surface area contributed by atoms with E-state index in [1.165, 1.54) is 23.0 Å². The number of benzene rings is 1. The van der Waals surface area contributed by atoms with Crippen molar-refractivity contribution < 1.29 is 50.2 Å². The van der Waals surface area contributed by atoms with Crippen LogP contribution in [0.5, 0.6) is 11.6 Å². The first-order valence-corrected chi connectivity index (χ1v) is 22.5. The normalized spacial score (nSPS) is 23.7. The van der Waals surface area contributed by atoms with E-state index in [1.54, 1.807) is 63.4 Å². The van der Waals surface area contributed by atoms with E-state index in [0.29, 0.717) is 40.8 Å². The van der Waals surface area contributed by atoms with E-state index >= 15 is 0 Å². The lowest BCUT2D eigenvalue weighted by atomic mass is 9.77. The molecule has 2 aromatic heterocycles. The molecule has 334 valence electrons. The fourth-order valence-electron chi connectivity index (χ4n) is 8.41. The molecule has 1 unspecified atom stereocenters. The number of rotatable bonds is 13. The first kappa shape index (κ1) is 45.1. The number of sulfonamides is 1. The molecule has 14 nitrogen and oxygen atoms in total. The summed E-state index contributed by atoms with van der Waals surface area (Å²) in [5, 5.41) is 3.37. The SMILES string of the molecule is C=C[C@@H]1CC1(NC(=O)[C@@H]1C[C@@H](Oc2nc(-c3ccccn3)cc3c(Cl)c(OC)ccc23)CN1C(=O)[C@@H](CC(=O)N1CCC(C(F)(F)F)CC1)C(C)(C)C)C(=O)NS(=O)(=O)C1CC1. The second-order valence-electron chi connectivity index (χ2n) is 17.7. The van der Waals surface area contributed by atoms with E-state index in [2.05, 4.69) is 21.6 Å². The van der Waals surface area contributed by atoms with E-state index in [-0.39, 0.29) is 62.6 Å². The molecule has 4 fully saturated rings. The van der Waals surface area contributed by atoms with E-state index in [9.17, 15) is 40.8 Å². The van der Waals surface area contributed by atoms with Crippen LogP contribution in [-0.2, 0) is 29.2 Å². The number of carbonyl (C=O) groups excluding carboxylic acids is 4. The van der Waals surface area contributed by atoms with Gasteiger partial charge in [0.1, 0.15) is 23.4 Å². The van der Waals surface area contributed by atoms with Crippen molar-refractivity contribution in [2.24, 2.45) is 23.2 Å². The summed E-state index contributed by atoms with van der Waals surface area (Å²) in [6, 6.07) is 9.12. The predicted molar refractivity (Wildman–Crippen MR) is 223 cm³/mol. The first-order valence-electron chi connectivity index (χ1n) is 20.6. The van der Waals surface area contributed by atoms with Crippen molar-refractivity contribution in [2.75, 3.05) is 26.7 Å². The maximum atomic E-state index is 14.9. The number of likely N-dealkylation sites (tertiary alicyclic amines) is 2. The highest BCUT2D eigenvalue weighted by molar-refractivity contribution is 7.91. The molecule has 2 N–H and O–H groups in total. The molecule has 19 heteroatoms. The Morgan fingerprint density at radius 2 is 1.76 bits per heavy atom. The summed E-state index contributed by atoms with van der Waals surface area (Å²) in [6.45, 7) is 8.64. The molecular formula is C43H50ClF3N6O8S. The van der Waals surface area contributed by atoms with Gasteiger partial charge in [0.25, 0.3) is 5.91 Å². The van der Waals surface area contributed by atoms with Gasteiger partial charge < -0.3 is 24.6 Å². The molecule has 7 rings (SSSR count). The largest absolute Gasteiger partial charge is 0.495 e. The molecule has 2 aliphatic carbocycles. The van der Waals surface area contributed by atoms with E-state index < -0.39 is 85.9 Å². The fraction of sp³-hybridized carbons (Fsp3) is 0.535. The monoisotopic (exact) mass is 902 g/mol. The number of ether oxygens (including phenoxy) is 2. The van der Waals surface area contributed by atoms with Gasteiger partial charge in [0.05, 0.1) is 47.2 Å². The number of halogens is 4. The summed E-state index contributed by atoms with van der Waals surface area (Å²) >= 11 is 6.81. The third kappa shape index (κ3) is 9.22. The Balaban J connectivity index is 1.21. The van der Waals surface area contributed by atoms with Crippen LogP contribution in [0.4, 0.5) is 13.2 Å². The third-order valence-electron chi connectivity index (χ3n) is 12.4. The van der Waals surface area contributed by atoms with Gasteiger partial charge in [-0.15, -0.1) is 6.58 Å². The Hall–Kier alpha value is -4.97. The van der Waals surface area contributed by atoms with Crippen LogP contribution in [0.3, 0.4) is 0 Å². The Labute approximate surface area is 363 Å². The number of nitrogens with zero attached hydrogens (tertiary/aromatic N) is 4. The molecule has 0 radical (unpaired) electrons. The maximum absolute atomic E-state index is 14.9. The first-order chi connectivity index (χ1) is 29.2. The highest BCUT2D eigenvalue weighted by Crippen LogP contribution is 2.46. The third-order valence-corrected chi connectivity index (χ3v) is 14.6. The summed E-state index contributed by atoms with van der Waals surface area (Å²) in [5.41, 5.74) is -1.61. The van der Waals surface area contributed by atoms with Crippen LogP contribution in [0.25, 0.3) is 22.2 Å². The quantitative estimate of drug-likeness (QED) is 0.199. The van der Waals surface area contributed by atoms with Crippen LogP contribution >= 0.6 is 11.6 Å². The molecule has 0 bridgehead atoms. The summed E-state index contributed by atoms with van der Waals surface area (Å²) in [5.74, 6) is -5.38. The lowest BCUT2D eigenvalue weighted by Crippen LogP contribution is -2.57. The number of alkyl halides is 3. The molecule has 5 atom stereocenters. The lowest BCUT2D eigenvalue weighted by Gasteiger charge is -2.37. The van der Waals surface area contributed by atoms with Gasteiger partial charge in [-0.05, 0) is 67.9 Å². The highest BCUT2D eigenvalue weighted by atomic mass is 35.5. The predicted octanol–water partition coefficient (Wildman–Crippen LogP) is 5.83. The van der Waals surface area contributed by atoms with Crippen molar-refractivity contribution >= 4 is 56.0 Å². The van der Waals surface area contributed by atoms with Gasteiger partial charge in [-0.3, -0.25) is 28.9 Å². The van der Waals surface area contributed by atoms with Gasteiger partial charge in [0, 0.05) is 48.8 Å². The van der Waals surface area contributed by atoms with Crippen molar-refractivity contribution in [3.8, 4) is 23.0 Å². The van der Waals surface area contributed by atoms with Gasteiger partial charge in [-0.25, -0.2) is 13.4 Å². The number of nitrogens with one attached hydrogen (secondary N) is 2. The topological polar surface area (TPSA) is 177 Å². The molecule has 62 heavy (non-hydrogen) atoms. The molecule has 1 aromatic carbocycles. The molecule has 2 saturated carbocycles. The Kier molecular flexibility index (Phi) is 12.3. The van der Waals surface area contributed by atoms with Crippen LogP contribution in [0.1, 0.15) is 65.7 Å². The van der Waals surface area contributed by atoms with Crippen LogP contribution in [0.15, 0.2) is 55.3 Å². The minimum Gasteiger partial charge on any atom is -0.495 e. The highest BCUT2D eigenvalue weighted by Gasteiger charge is 2.62. The Bertz CT molecular complexity index is 2370. The lowest BCUT2D eigenvalue weighted by molar-refractivity contribution is -0.186. The zero-order valence-corrected chi connectivity index (χ0v) is 36.4. The summed E-state index contributed by atoms with van der Waals surface area (Å²) < 4.78 is 80.2. The number of pyridine rings is 2. The number of amides is 4. The molecule has 4 aliphatic rings. The van der Waals surface area contributed by atoms with Crippen molar-refractivity contribution in [2.45, 2.75) is 94.8 Å². The summed E-state index contributed by atoms with van der Waals surface area (Å²) in [4.78, 5) is 68.8. The second kappa shape index (κ2) is 17.0. The van der Waals surface area contributed by atoms with Gasteiger partial charge in [-0.2, -0.15) is 13.2 Å². The smallest absolute Gasteiger partial charge is 0.391 e. The fourth-order valence-corrected chi connectivity index (χ4v) is 10.1. The van der Waals surface area contributed by atoms with Crippen molar-refractivity contribution in [1.82, 2.24) is 29.8 Å². The minimum atomic E-state index is -4.37. The number of carbonyl (C=O) groups is 4. The standard InChI is InChI=1S/C43H50ClF3N6O8S/c1-6-24-22-42(24,40(57)51-62(58,59)27-10-11-27)50-37(55)33-19-26(61-38-28-12-13-34(60-5)36(44)29(28)20-32(49-38)31-9-7-8-16-48-31)23-53(33)39(56)30(41(2,3)4)21-35(54)52-17-14-25(15-18-52)43(45,46)47/h6-9,12-13,16,20,24-27,30,33H,1,10-11,14-15,17-19,21-23H2,2-5H3,(H,50,55)(H,51,57)/t24-,26-,30-,33+,42?/m1/s1. The van der Waals surface area contributed by atoms with Crippen molar-refractivity contribution in [3.63, 3.8) is 0 Å². The van der Waals surface area contributed by atoms with E-state index in [0.717, 1.165) is 0 Å². The summed E-state index contributed by atoms with van der Waals surface area (Å²) in [7, 11) is -2.50. The number of hydrogen-bond donors (Lipinski definition) is 2. The zero-order chi connectivity index (χ0) is 44.9. The molecule has 3 aromatic rings. The van der Waals surface area contributed by atoms with Crippen LogP contribution in [0.2, 0.25) is 5.02 Å². The van der Waals surface area contributed by atoms with Crippen molar-refractivity contribution in [3.05, 3.63) is 60.3 Å². The molecule has 4 heterocycles. The van der Waals surface area contributed by atoms with Gasteiger partial charge >= 0.3 is 6.18 Å². The molecule has 4 amide bonds. The van der Waals surface area contributed by atoms with E-state index in [4.69, 9.17) is 26.1 Å². The molecule has 0 spiro atoms. The van der Waals surface area contributed by atoms with Crippen LogP contribution < -0.4 is 19.5 Å². The Morgan fingerprint density at radius 1 is 1.05 bits per heavy atom. The van der Waals surface area contributed by atoms with Gasteiger partial charge in [0.15, 0.2) is 0 Å². The number of fused-ring (bicyclic) bond motifs is 1. The van der Waals surface area contributed by atoms with Gasteiger partial charge in [-0.1, -0.05) is 44.5 Å². The number of aromatic nitrogens is 2. The van der Waals surface area contributed by atoms with Crippen LogP contribution in [0, 0.1) is 23.2 Å². The average molecular weight is 903 g/mol. The number of hydrogen-bond acceptors (Lipinski definition) is 10. The van der Waals surface area contributed by atoms with E-state index in [1.807, 2.05) is 0 Å². The molecular weight excluding hydrogens is 853 g/mol. The average Bonchev–Trinajstić information content (AvgIpc) is 4.16. The zero-order valence-electron chi connectivity index (χ0n) is 34.8.